The molecule has 0 bridgehead atoms. The first kappa shape index (κ1) is 13.1. The van der Waals surface area contributed by atoms with E-state index >= 15 is 0 Å². The Hall–Kier alpha value is -1.35. The highest BCUT2D eigenvalue weighted by molar-refractivity contribution is 7.07. The Labute approximate surface area is 113 Å². The maximum Gasteiger partial charge on any atom is 0.0795 e. The predicted octanol–water partition coefficient (Wildman–Crippen LogP) is 4.61. The minimum atomic E-state index is 0.144. The van der Waals surface area contributed by atoms with Gasteiger partial charge in [-0.2, -0.15) is 0 Å². The van der Waals surface area contributed by atoms with Crippen molar-refractivity contribution in [2.75, 3.05) is 5.32 Å². The lowest BCUT2D eigenvalue weighted by Crippen LogP contribution is -2.16. The molecule has 0 aliphatic rings. The fourth-order valence-electron chi connectivity index (χ4n) is 2.01. The second kappa shape index (κ2) is 5.11. The van der Waals surface area contributed by atoms with Crippen LogP contribution in [0.4, 0.5) is 5.69 Å². The van der Waals surface area contributed by atoms with Gasteiger partial charge in [0, 0.05) is 11.1 Å². The van der Waals surface area contributed by atoms with E-state index in [0.29, 0.717) is 0 Å². The molecule has 18 heavy (non-hydrogen) atoms. The Morgan fingerprint density at radius 2 is 1.94 bits per heavy atom. The Bertz CT molecular complexity index is 497. The van der Waals surface area contributed by atoms with Crippen molar-refractivity contribution < 1.29 is 0 Å². The number of nitrogens with zero attached hydrogens (tertiary/aromatic N) is 1. The second-order valence-corrected chi connectivity index (χ2v) is 6.29. The molecular weight excluding hydrogens is 240 g/mol. The quantitative estimate of drug-likeness (QED) is 0.871. The van der Waals surface area contributed by atoms with Crippen LogP contribution in [0.15, 0.2) is 35.2 Å². The van der Waals surface area contributed by atoms with Crippen molar-refractivity contribution in [1.82, 2.24) is 4.98 Å². The van der Waals surface area contributed by atoms with E-state index in [0.717, 1.165) is 5.69 Å². The lowest BCUT2D eigenvalue weighted by Gasteiger charge is -2.25. The maximum absolute atomic E-state index is 4.36. The predicted molar refractivity (Wildman–Crippen MR) is 79.3 cm³/mol. The van der Waals surface area contributed by atoms with E-state index in [2.05, 4.69) is 67.6 Å². The van der Waals surface area contributed by atoms with E-state index in [1.165, 1.54) is 11.3 Å². The molecule has 0 saturated heterocycles. The third-order valence-electron chi connectivity index (χ3n) is 3.00. The monoisotopic (exact) mass is 260 g/mol. The second-order valence-electron chi connectivity index (χ2n) is 5.57. The molecule has 0 radical (unpaired) electrons. The Morgan fingerprint density at radius 3 is 2.56 bits per heavy atom. The molecular formula is C15H20N2S. The summed E-state index contributed by atoms with van der Waals surface area (Å²) < 4.78 is 0. The SMILES string of the molecule is CC(Nc1ccccc1C(C)(C)C)c1cscn1. The van der Waals surface area contributed by atoms with E-state index in [-0.39, 0.29) is 11.5 Å². The summed E-state index contributed by atoms with van der Waals surface area (Å²) in [7, 11) is 0. The van der Waals surface area contributed by atoms with Crippen LogP contribution in [0.5, 0.6) is 0 Å². The number of benzene rings is 1. The summed E-state index contributed by atoms with van der Waals surface area (Å²) in [6.07, 6.45) is 0. The minimum absolute atomic E-state index is 0.144. The van der Waals surface area contributed by atoms with Crippen molar-refractivity contribution in [2.24, 2.45) is 0 Å². The molecule has 0 saturated carbocycles. The number of hydrogen-bond acceptors (Lipinski definition) is 3. The van der Waals surface area contributed by atoms with Crippen LogP contribution in [0.1, 0.15) is 45.0 Å². The molecule has 96 valence electrons. The van der Waals surface area contributed by atoms with Crippen molar-refractivity contribution in [1.29, 1.82) is 0 Å². The van der Waals surface area contributed by atoms with Gasteiger partial charge in [-0.1, -0.05) is 39.0 Å². The molecule has 1 heterocycles. The van der Waals surface area contributed by atoms with Crippen molar-refractivity contribution in [3.05, 3.63) is 46.4 Å². The molecule has 2 nitrogen and oxygen atoms in total. The van der Waals surface area contributed by atoms with E-state index in [1.807, 2.05) is 5.51 Å². The van der Waals surface area contributed by atoms with Crippen LogP contribution < -0.4 is 5.32 Å². The lowest BCUT2D eigenvalue weighted by molar-refractivity contribution is 0.590. The Balaban J connectivity index is 2.24. The number of hydrogen-bond donors (Lipinski definition) is 1. The molecule has 2 rings (SSSR count). The van der Waals surface area contributed by atoms with Crippen LogP contribution >= 0.6 is 11.3 Å². The van der Waals surface area contributed by atoms with Crippen molar-refractivity contribution >= 4 is 17.0 Å². The van der Waals surface area contributed by atoms with Gasteiger partial charge in [0.2, 0.25) is 0 Å². The number of rotatable bonds is 3. The lowest BCUT2D eigenvalue weighted by atomic mass is 9.85. The molecule has 0 aliphatic carbocycles. The summed E-state index contributed by atoms with van der Waals surface area (Å²) in [5, 5.41) is 5.66. The summed E-state index contributed by atoms with van der Waals surface area (Å²) in [6, 6.07) is 8.74. The molecule has 1 aromatic carbocycles. The Kier molecular flexibility index (Phi) is 3.71. The van der Waals surface area contributed by atoms with Gasteiger partial charge in [0.15, 0.2) is 0 Å². The maximum atomic E-state index is 4.36. The van der Waals surface area contributed by atoms with Crippen molar-refractivity contribution in [2.45, 2.75) is 39.2 Å². The number of nitrogens with one attached hydrogen (secondary N) is 1. The third kappa shape index (κ3) is 2.91. The molecule has 1 N–H and O–H groups in total. The zero-order valence-corrected chi connectivity index (χ0v) is 12.2. The smallest absolute Gasteiger partial charge is 0.0795 e. The van der Waals surface area contributed by atoms with Gasteiger partial charge >= 0.3 is 0 Å². The van der Waals surface area contributed by atoms with E-state index < -0.39 is 0 Å². The van der Waals surface area contributed by atoms with Gasteiger partial charge in [-0.05, 0) is 24.0 Å². The summed E-state index contributed by atoms with van der Waals surface area (Å²) in [6.45, 7) is 8.86. The number of anilines is 1. The van der Waals surface area contributed by atoms with Crippen LogP contribution in [-0.2, 0) is 5.41 Å². The zero-order chi connectivity index (χ0) is 13.2. The van der Waals surface area contributed by atoms with E-state index in [9.17, 15) is 0 Å². The van der Waals surface area contributed by atoms with Crippen LogP contribution in [-0.4, -0.2) is 4.98 Å². The highest BCUT2D eigenvalue weighted by Gasteiger charge is 2.18. The highest BCUT2D eigenvalue weighted by Crippen LogP contribution is 2.31. The number of thiazole rings is 1. The van der Waals surface area contributed by atoms with E-state index in [4.69, 9.17) is 0 Å². The highest BCUT2D eigenvalue weighted by atomic mass is 32.1. The largest absolute Gasteiger partial charge is 0.377 e. The van der Waals surface area contributed by atoms with Gasteiger partial charge in [-0.25, -0.2) is 4.98 Å². The molecule has 1 aromatic heterocycles. The van der Waals surface area contributed by atoms with Crippen molar-refractivity contribution in [3.8, 4) is 0 Å². The standard InChI is InChI=1S/C15H20N2S/c1-11(14-9-18-10-16-14)17-13-8-6-5-7-12(13)15(2,3)4/h5-11,17H,1-4H3. The van der Waals surface area contributed by atoms with Gasteiger partial charge < -0.3 is 5.32 Å². The topological polar surface area (TPSA) is 24.9 Å². The molecule has 1 atom stereocenters. The molecule has 0 aliphatic heterocycles. The van der Waals surface area contributed by atoms with Crippen LogP contribution in [0, 0.1) is 0 Å². The molecule has 1 unspecified atom stereocenters. The summed E-state index contributed by atoms with van der Waals surface area (Å²) in [4.78, 5) is 4.36. The minimum Gasteiger partial charge on any atom is -0.377 e. The number of para-hydroxylation sites is 1. The summed E-state index contributed by atoms with van der Waals surface area (Å²) in [5.41, 5.74) is 5.66. The first-order valence-electron chi connectivity index (χ1n) is 6.22. The number of aromatic nitrogens is 1. The average molecular weight is 260 g/mol. The van der Waals surface area contributed by atoms with Gasteiger partial charge in [0.1, 0.15) is 0 Å². The Morgan fingerprint density at radius 1 is 1.22 bits per heavy atom. The third-order valence-corrected chi connectivity index (χ3v) is 3.61. The summed E-state index contributed by atoms with van der Waals surface area (Å²) >= 11 is 1.64. The summed E-state index contributed by atoms with van der Waals surface area (Å²) in [5.74, 6) is 0. The van der Waals surface area contributed by atoms with Gasteiger partial charge in [-0.15, -0.1) is 11.3 Å². The first-order valence-corrected chi connectivity index (χ1v) is 7.17. The first-order chi connectivity index (χ1) is 8.48. The molecule has 3 heteroatoms. The normalized spacial score (nSPS) is 13.3. The van der Waals surface area contributed by atoms with Crippen LogP contribution in [0.3, 0.4) is 0 Å². The molecule has 0 spiro atoms. The van der Waals surface area contributed by atoms with Gasteiger partial charge in [-0.3, -0.25) is 0 Å². The average Bonchev–Trinajstić information content (AvgIpc) is 2.81. The fourth-order valence-corrected chi connectivity index (χ4v) is 2.65. The van der Waals surface area contributed by atoms with Gasteiger partial charge in [0.05, 0.1) is 17.2 Å². The van der Waals surface area contributed by atoms with E-state index in [1.54, 1.807) is 11.3 Å². The molecule has 2 aromatic rings. The van der Waals surface area contributed by atoms with Crippen LogP contribution in [0.2, 0.25) is 0 Å². The van der Waals surface area contributed by atoms with Crippen LogP contribution in [0.25, 0.3) is 0 Å². The van der Waals surface area contributed by atoms with Gasteiger partial charge in [0.25, 0.3) is 0 Å². The van der Waals surface area contributed by atoms with Crippen molar-refractivity contribution in [3.63, 3.8) is 0 Å². The zero-order valence-electron chi connectivity index (χ0n) is 11.4. The fraction of sp³-hybridized carbons (Fsp3) is 0.400. The molecule has 0 amide bonds. The molecule has 0 fully saturated rings.